The number of anilines is 1. The molecule has 0 radical (unpaired) electrons. The fourth-order valence-corrected chi connectivity index (χ4v) is 1.48. The molecule has 8 nitrogen and oxygen atoms in total. The van der Waals surface area contributed by atoms with E-state index in [0.717, 1.165) is 0 Å². The average Bonchev–Trinajstić information content (AvgIpc) is 2.82. The van der Waals surface area contributed by atoms with Crippen molar-refractivity contribution >= 4 is 17.8 Å². The quantitative estimate of drug-likeness (QED) is 0.765. The van der Waals surface area contributed by atoms with Crippen LogP contribution in [0.2, 0.25) is 0 Å². The Bertz CT molecular complexity index is 620. The van der Waals surface area contributed by atoms with Crippen molar-refractivity contribution in [2.75, 3.05) is 5.32 Å². The lowest BCUT2D eigenvalue weighted by Crippen LogP contribution is -2.28. The number of carboxylic acids is 1. The number of carbonyl (C=O) groups is 2. The minimum absolute atomic E-state index is 0.0355. The van der Waals surface area contributed by atoms with Crippen LogP contribution in [-0.2, 0) is 13.6 Å². The molecule has 8 heteroatoms. The molecule has 2 rings (SSSR count). The van der Waals surface area contributed by atoms with Gasteiger partial charge in [-0.15, -0.1) is 0 Å². The van der Waals surface area contributed by atoms with Crippen LogP contribution in [0.1, 0.15) is 16.1 Å². The van der Waals surface area contributed by atoms with Crippen molar-refractivity contribution in [3.05, 3.63) is 41.9 Å². The highest BCUT2D eigenvalue weighted by atomic mass is 16.4. The number of aryl methyl sites for hydroxylation is 1. The second-order valence-corrected chi connectivity index (χ2v) is 4.04. The number of carbonyl (C=O) groups excluding carboxylic acids is 1. The van der Waals surface area contributed by atoms with Gasteiger partial charge in [0.05, 0.1) is 0 Å². The van der Waals surface area contributed by atoms with E-state index in [1.165, 1.54) is 12.3 Å². The van der Waals surface area contributed by atoms with Crippen LogP contribution < -0.4 is 10.6 Å². The second kappa shape index (κ2) is 5.83. The average molecular weight is 275 g/mol. The molecule has 0 aliphatic rings. The maximum absolute atomic E-state index is 11.6. The van der Waals surface area contributed by atoms with E-state index < -0.39 is 12.0 Å². The summed E-state index contributed by atoms with van der Waals surface area (Å²) in [6, 6.07) is 4.25. The third kappa shape index (κ3) is 3.55. The van der Waals surface area contributed by atoms with Gasteiger partial charge >= 0.3 is 12.0 Å². The van der Waals surface area contributed by atoms with E-state index in [-0.39, 0.29) is 12.2 Å². The highest BCUT2D eigenvalue weighted by Crippen LogP contribution is 2.02. The zero-order chi connectivity index (χ0) is 14.5. The monoisotopic (exact) mass is 275 g/mol. The van der Waals surface area contributed by atoms with Gasteiger partial charge in [-0.25, -0.2) is 14.6 Å². The number of aromatic nitrogens is 3. The largest absolute Gasteiger partial charge is 0.477 e. The van der Waals surface area contributed by atoms with Crippen molar-refractivity contribution in [3.8, 4) is 0 Å². The SMILES string of the molecule is Cn1ccc(NC(=O)NCc2ccc(C(=O)O)nc2)n1. The Hall–Kier alpha value is -2.90. The third-order valence-corrected chi connectivity index (χ3v) is 2.45. The van der Waals surface area contributed by atoms with Crippen molar-refractivity contribution in [1.29, 1.82) is 0 Å². The predicted molar refractivity (Wildman–Crippen MR) is 70.3 cm³/mol. The number of nitrogens with zero attached hydrogens (tertiary/aromatic N) is 3. The summed E-state index contributed by atoms with van der Waals surface area (Å²) in [5.41, 5.74) is 0.665. The second-order valence-electron chi connectivity index (χ2n) is 4.04. The molecule has 0 spiro atoms. The van der Waals surface area contributed by atoms with Gasteiger partial charge in [0.2, 0.25) is 0 Å². The van der Waals surface area contributed by atoms with Crippen molar-refractivity contribution in [1.82, 2.24) is 20.1 Å². The lowest BCUT2D eigenvalue weighted by Gasteiger charge is -2.05. The highest BCUT2D eigenvalue weighted by molar-refractivity contribution is 5.88. The van der Waals surface area contributed by atoms with Crippen LogP contribution in [0.4, 0.5) is 10.6 Å². The molecule has 0 aromatic carbocycles. The molecular formula is C12H13N5O3. The van der Waals surface area contributed by atoms with Gasteiger partial charge in [-0.3, -0.25) is 10.00 Å². The van der Waals surface area contributed by atoms with Gasteiger partial charge in [-0.1, -0.05) is 6.07 Å². The first kappa shape index (κ1) is 13.5. The van der Waals surface area contributed by atoms with E-state index in [1.807, 2.05) is 0 Å². The first-order valence-corrected chi connectivity index (χ1v) is 5.77. The van der Waals surface area contributed by atoms with Crippen LogP contribution in [0.3, 0.4) is 0 Å². The van der Waals surface area contributed by atoms with E-state index in [0.29, 0.717) is 11.4 Å². The van der Waals surface area contributed by atoms with E-state index >= 15 is 0 Å². The van der Waals surface area contributed by atoms with Crippen LogP contribution in [0, 0.1) is 0 Å². The van der Waals surface area contributed by atoms with Gasteiger partial charge in [-0.05, 0) is 11.6 Å². The summed E-state index contributed by atoms with van der Waals surface area (Å²) in [6.45, 7) is 0.242. The molecule has 0 atom stereocenters. The molecule has 0 saturated carbocycles. The topological polar surface area (TPSA) is 109 Å². The zero-order valence-electron chi connectivity index (χ0n) is 10.7. The molecule has 0 aliphatic carbocycles. The van der Waals surface area contributed by atoms with Gasteiger partial charge in [0.15, 0.2) is 5.82 Å². The molecular weight excluding hydrogens is 262 g/mol. The van der Waals surface area contributed by atoms with Crippen LogP contribution in [-0.4, -0.2) is 31.9 Å². The van der Waals surface area contributed by atoms with Crippen molar-refractivity contribution in [2.24, 2.45) is 7.05 Å². The Morgan fingerprint density at radius 2 is 2.15 bits per heavy atom. The third-order valence-electron chi connectivity index (χ3n) is 2.45. The van der Waals surface area contributed by atoms with Crippen molar-refractivity contribution in [3.63, 3.8) is 0 Å². The molecule has 2 aromatic rings. The van der Waals surface area contributed by atoms with Gasteiger partial charge in [0.1, 0.15) is 5.69 Å². The molecule has 3 N–H and O–H groups in total. The first-order valence-electron chi connectivity index (χ1n) is 5.77. The Balaban J connectivity index is 1.85. The maximum Gasteiger partial charge on any atom is 0.354 e. The Kier molecular flexibility index (Phi) is 3.94. The predicted octanol–water partition coefficient (Wildman–Crippen LogP) is 0.835. The molecule has 2 aromatic heterocycles. The fraction of sp³-hybridized carbons (Fsp3) is 0.167. The number of hydrogen-bond donors (Lipinski definition) is 3. The molecule has 20 heavy (non-hydrogen) atoms. The maximum atomic E-state index is 11.6. The Labute approximate surface area is 114 Å². The number of pyridine rings is 1. The molecule has 0 unspecified atom stereocenters. The molecule has 0 saturated heterocycles. The van der Waals surface area contributed by atoms with Gasteiger partial charge in [-0.2, -0.15) is 5.10 Å². The van der Waals surface area contributed by atoms with Crippen LogP contribution in [0.15, 0.2) is 30.6 Å². The summed E-state index contributed by atoms with van der Waals surface area (Å²) in [4.78, 5) is 26.0. The van der Waals surface area contributed by atoms with E-state index in [2.05, 4.69) is 20.7 Å². The number of hydrogen-bond acceptors (Lipinski definition) is 4. The Morgan fingerprint density at radius 3 is 2.70 bits per heavy atom. The smallest absolute Gasteiger partial charge is 0.354 e. The molecule has 2 amide bonds. The van der Waals surface area contributed by atoms with E-state index in [1.54, 1.807) is 30.1 Å². The highest BCUT2D eigenvalue weighted by Gasteiger charge is 2.06. The summed E-state index contributed by atoms with van der Waals surface area (Å²) in [5, 5.41) is 17.9. The summed E-state index contributed by atoms with van der Waals surface area (Å²) in [6.07, 6.45) is 3.12. The minimum atomic E-state index is -1.09. The summed E-state index contributed by atoms with van der Waals surface area (Å²) < 4.78 is 1.57. The standard InChI is InChI=1S/C12H13N5O3/c1-17-5-4-10(16-17)15-12(20)14-7-8-2-3-9(11(18)19)13-6-8/h2-6H,7H2,1H3,(H,18,19)(H2,14,15,16,20). The summed E-state index contributed by atoms with van der Waals surface area (Å²) >= 11 is 0. The number of rotatable bonds is 4. The number of amides is 2. The minimum Gasteiger partial charge on any atom is -0.477 e. The van der Waals surface area contributed by atoms with Crippen molar-refractivity contribution < 1.29 is 14.7 Å². The molecule has 0 bridgehead atoms. The number of urea groups is 1. The lowest BCUT2D eigenvalue weighted by atomic mass is 10.2. The summed E-state index contributed by atoms with van der Waals surface area (Å²) in [5.74, 6) is -0.637. The van der Waals surface area contributed by atoms with Crippen LogP contribution in [0.25, 0.3) is 0 Å². The van der Waals surface area contributed by atoms with Crippen molar-refractivity contribution in [2.45, 2.75) is 6.54 Å². The van der Waals surface area contributed by atoms with E-state index in [4.69, 9.17) is 5.11 Å². The number of nitrogens with one attached hydrogen (secondary N) is 2. The van der Waals surface area contributed by atoms with Gasteiger partial charge in [0.25, 0.3) is 0 Å². The van der Waals surface area contributed by atoms with Crippen LogP contribution >= 0.6 is 0 Å². The lowest BCUT2D eigenvalue weighted by molar-refractivity contribution is 0.0690. The van der Waals surface area contributed by atoms with E-state index in [9.17, 15) is 9.59 Å². The number of carboxylic acid groups (broad SMARTS) is 1. The summed E-state index contributed by atoms with van der Waals surface area (Å²) in [7, 11) is 1.75. The molecule has 0 aliphatic heterocycles. The number of aromatic carboxylic acids is 1. The Morgan fingerprint density at radius 1 is 1.35 bits per heavy atom. The molecule has 0 fully saturated rings. The molecule has 2 heterocycles. The normalized spacial score (nSPS) is 10.1. The van der Waals surface area contributed by atoms with Gasteiger partial charge < -0.3 is 10.4 Å². The molecule has 104 valence electrons. The van der Waals surface area contributed by atoms with Gasteiger partial charge in [0, 0.05) is 32.1 Å². The fourth-order valence-electron chi connectivity index (χ4n) is 1.48. The van der Waals surface area contributed by atoms with Crippen LogP contribution in [0.5, 0.6) is 0 Å². The first-order chi connectivity index (χ1) is 9.54. The zero-order valence-corrected chi connectivity index (χ0v) is 10.7.